The number of allylic oxidation sites excluding steroid dienone is 5. The van der Waals surface area contributed by atoms with Crippen molar-refractivity contribution in [2.45, 2.75) is 392 Å². The molecular formula is C71H135NO5. The fourth-order valence-electron chi connectivity index (χ4n) is 10.8. The predicted molar refractivity (Wildman–Crippen MR) is 338 cm³/mol. The van der Waals surface area contributed by atoms with Crippen LogP contribution >= 0.6 is 0 Å². The van der Waals surface area contributed by atoms with Crippen molar-refractivity contribution in [3.8, 4) is 0 Å². The average Bonchev–Trinajstić information content (AvgIpc) is 3.43. The first-order chi connectivity index (χ1) is 38.0. The van der Waals surface area contributed by atoms with Gasteiger partial charge in [-0.25, -0.2) is 0 Å². The first kappa shape index (κ1) is 75.1. The van der Waals surface area contributed by atoms with E-state index in [1.54, 1.807) is 6.08 Å². The van der Waals surface area contributed by atoms with Crippen molar-refractivity contribution >= 4 is 11.9 Å². The summed E-state index contributed by atoms with van der Waals surface area (Å²) in [4.78, 5) is 24.6. The highest BCUT2D eigenvalue weighted by atomic mass is 16.5. The number of nitrogens with one attached hydrogen (secondary N) is 1. The van der Waals surface area contributed by atoms with Gasteiger partial charge < -0.3 is 20.3 Å². The summed E-state index contributed by atoms with van der Waals surface area (Å²) < 4.78 is 5.49. The highest BCUT2D eigenvalue weighted by Crippen LogP contribution is 2.18. The van der Waals surface area contributed by atoms with Crippen molar-refractivity contribution in [3.63, 3.8) is 0 Å². The minimum atomic E-state index is -0.853. The Morgan fingerprint density at radius 1 is 0.351 bits per heavy atom. The van der Waals surface area contributed by atoms with Crippen molar-refractivity contribution < 1.29 is 24.5 Å². The first-order valence-corrected chi connectivity index (χ1v) is 34.8. The second-order valence-electron chi connectivity index (χ2n) is 23.9. The summed E-state index contributed by atoms with van der Waals surface area (Å²) in [6, 6.07) is -0.637. The molecule has 2 unspecified atom stereocenters. The molecule has 6 heteroatoms. The van der Waals surface area contributed by atoms with E-state index >= 15 is 0 Å². The zero-order valence-electron chi connectivity index (χ0n) is 52.0. The van der Waals surface area contributed by atoms with Crippen LogP contribution < -0.4 is 5.32 Å². The van der Waals surface area contributed by atoms with Gasteiger partial charge in [-0.3, -0.25) is 9.59 Å². The summed E-state index contributed by atoms with van der Waals surface area (Å²) in [5.74, 6) is -0.0735. The third-order valence-electron chi connectivity index (χ3n) is 16.1. The van der Waals surface area contributed by atoms with Gasteiger partial charge in [0, 0.05) is 12.8 Å². The van der Waals surface area contributed by atoms with Crippen LogP contribution in [0.2, 0.25) is 0 Å². The third kappa shape index (κ3) is 63.1. The molecule has 0 saturated heterocycles. The predicted octanol–water partition coefficient (Wildman–Crippen LogP) is 22.3. The number of amides is 1. The average molecular weight is 1080 g/mol. The topological polar surface area (TPSA) is 95.9 Å². The van der Waals surface area contributed by atoms with Crippen LogP contribution in [0, 0.1) is 0 Å². The fourth-order valence-corrected chi connectivity index (χ4v) is 10.8. The van der Waals surface area contributed by atoms with Gasteiger partial charge in [0.25, 0.3) is 0 Å². The van der Waals surface area contributed by atoms with E-state index in [4.69, 9.17) is 4.74 Å². The standard InChI is InChI=1S/C71H135NO5/c1-3-5-7-9-11-13-15-17-19-21-22-23-24-25-26-28-32-35-39-43-47-51-55-59-63-69(74)68(67-73)72-70(75)64-60-56-52-48-44-40-36-33-29-27-30-34-38-42-46-50-54-58-62-66-77-71(76)65-61-57-53-49-45-41-37-31-20-18-16-14-12-10-8-6-4-2/h18,20,27,29,59,63,68-69,73-74H,3-17,19,21-26,28,30-58,60-62,64-67H2,1-2H3,(H,72,75)/b20-18-,29-27-,63-59+. The third-order valence-corrected chi connectivity index (χ3v) is 16.1. The molecule has 0 aromatic rings. The van der Waals surface area contributed by atoms with Gasteiger partial charge in [0.2, 0.25) is 5.91 Å². The number of aliphatic hydroxyl groups is 2. The maximum absolute atomic E-state index is 12.5. The highest BCUT2D eigenvalue weighted by molar-refractivity contribution is 5.76. The zero-order valence-corrected chi connectivity index (χ0v) is 52.0. The maximum Gasteiger partial charge on any atom is 0.305 e. The van der Waals surface area contributed by atoms with Crippen molar-refractivity contribution in [2.75, 3.05) is 13.2 Å². The summed E-state index contributed by atoms with van der Waals surface area (Å²) in [6.07, 6.45) is 84.9. The second kappa shape index (κ2) is 66.6. The summed E-state index contributed by atoms with van der Waals surface area (Å²) >= 11 is 0. The number of rotatable bonds is 65. The number of hydrogen-bond donors (Lipinski definition) is 3. The molecule has 0 bridgehead atoms. The molecule has 0 aliphatic heterocycles. The molecule has 0 spiro atoms. The van der Waals surface area contributed by atoms with Crippen LogP contribution in [-0.4, -0.2) is 47.4 Å². The van der Waals surface area contributed by atoms with Gasteiger partial charge in [-0.05, 0) is 83.5 Å². The lowest BCUT2D eigenvalue weighted by Gasteiger charge is -2.20. The highest BCUT2D eigenvalue weighted by Gasteiger charge is 2.18. The molecule has 2 atom stereocenters. The smallest absolute Gasteiger partial charge is 0.305 e. The van der Waals surface area contributed by atoms with E-state index in [2.05, 4.69) is 43.5 Å². The van der Waals surface area contributed by atoms with E-state index in [-0.39, 0.29) is 18.5 Å². The molecule has 77 heavy (non-hydrogen) atoms. The number of carbonyl (C=O) groups is 2. The molecule has 1 amide bonds. The summed E-state index contributed by atoms with van der Waals surface area (Å²) in [5.41, 5.74) is 0. The van der Waals surface area contributed by atoms with Crippen LogP contribution in [0.4, 0.5) is 0 Å². The quantitative estimate of drug-likeness (QED) is 0.0320. The normalized spacial score (nSPS) is 12.7. The molecule has 0 rings (SSSR count). The summed E-state index contributed by atoms with van der Waals surface area (Å²) in [5, 5.41) is 23.3. The minimum Gasteiger partial charge on any atom is -0.466 e. The van der Waals surface area contributed by atoms with E-state index in [1.807, 2.05) is 6.08 Å². The van der Waals surface area contributed by atoms with Gasteiger partial charge in [0.1, 0.15) is 0 Å². The van der Waals surface area contributed by atoms with Crippen LogP contribution in [0.25, 0.3) is 0 Å². The monoisotopic (exact) mass is 1080 g/mol. The van der Waals surface area contributed by atoms with Crippen LogP contribution in [0.3, 0.4) is 0 Å². The maximum atomic E-state index is 12.5. The molecule has 3 N–H and O–H groups in total. The Morgan fingerprint density at radius 3 is 0.922 bits per heavy atom. The minimum absolute atomic E-state index is 0.000520. The van der Waals surface area contributed by atoms with E-state index in [0.29, 0.717) is 19.4 Å². The van der Waals surface area contributed by atoms with Crippen molar-refractivity contribution in [1.82, 2.24) is 5.32 Å². The zero-order chi connectivity index (χ0) is 55.7. The Kier molecular flexibility index (Phi) is 64.9. The van der Waals surface area contributed by atoms with E-state index < -0.39 is 12.1 Å². The Balaban J connectivity index is 3.46. The molecule has 0 aliphatic rings. The largest absolute Gasteiger partial charge is 0.466 e. The lowest BCUT2D eigenvalue weighted by atomic mass is 10.0. The van der Waals surface area contributed by atoms with Crippen molar-refractivity contribution in [3.05, 3.63) is 36.5 Å². The van der Waals surface area contributed by atoms with Gasteiger partial charge in [-0.15, -0.1) is 0 Å². The Hall–Kier alpha value is -1.92. The van der Waals surface area contributed by atoms with Gasteiger partial charge in [0.15, 0.2) is 0 Å². The van der Waals surface area contributed by atoms with E-state index in [9.17, 15) is 19.8 Å². The molecular weight excluding hydrogens is 947 g/mol. The molecule has 0 aliphatic carbocycles. The molecule has 0 heterocycles. The molecule has 454 valence electrons. The van der Waals surface area contributed by atoms with Crippen LogP contribution in [-0.2, 0) is 14.3 Å². The van der Waals surface area contributed by atoms with Gasteiger partial charge >= 0.3 is 5.97 Å². The fraction of sp³-hybridized carbons (Fsp3) is 0.887. The second-order valence-corrected chi connectivity index (χ2v) is 23.9. The number of ether oxygens (including phenoxy) is 1. The SMILES string of the molecule is CCCCCCCC/C=C\CCCCCCCCCC(=O)OCCCCCCCCCC/C=C\CCCCCCCCCC(=O)NC(CO)C(O)/C=C/CCCCCCCCCCCCCCCCCCCCCCCC. The first-order valence-electron chi connectivity index (χ1n) is 34.8. The number of esters is 1. The Bertz CT molecular complexity index is 1250. The van der Waals surface area contributed by atoms with E-state index in [0.717, 1.165) is 51.4 Å². The number of unbranched alkanes of at least 4 members (excludes halogenated alkanes) is 50. The van der Waals surface area contributed by atoms with E-state index in [1.165, 1.54) is 302 Å². The molecule has 6 nitrogen and oxygen atoms in total. The number of hydrogen-bond acceptors (Lipinski definition) is 5. The molecule has 0 saturated carbocycles. The van der Waals surface area contributed by atoms with Gasteiger partial charge in [-0.2, -0.15) is 0 Å². The Morgan fingerprint density at radius 2 is 0.610 bits per heavy atom. The molecule has 0 aromatic carbocycles. The van der Waals surface area contributed by atoms with Crippen molar-refractivity contribution in [1.29, 1.82) is 0 Å². The summed E-state index contributed by atoms with van der Waals surface area (Å²) in [7, 11) is 0. The molecule has 0 fully saturated rings. The van der Waals surface area contributed by atoms with Crippen LogP contribution in [0.5, 0.6) is 0 Å². The lowest BCUT2D eigenvalue weighted by molar-refractivity contribution is -0.143. The molecule has 0 aromatic heterocycles. The Labute approximate surface area is 481 Å². The van der Waals surface area contributed by atoms with Gasteiger partial charge in [0.05, 0.1) is 25.4 Å². The lowest BCUT2D eigenvalue weighted by Crippen LogP contribution is -2.45. The van der Waals surface area contributed by atoms with Crippen LogP contribution in [0.15, 0.2) is 36.5 Å². The number of carbonyl (C=O) groups excluding carboxylic acids is 2. The van der Waals surface area contributed by atoms with Crippen molar-refractivity contribution in [2.24, 2.45) is 0 Å². The summed E-state index contributed by atoms with van der Waals surface area (Å²) in [6.45, 7) is 4.92. The number of aliphatic hydroxyl groups excluding tert-OH is 2. The molecule has 0 radical (unpaired) electrons. The van der Waals surface area contributed by atoms with Crippen LogP contribution in [0.1, 0.15) is 380 Å². The van der Waals surface area contributed by atoms with Gasteiger partial charge in [-0.1, -0.05) is 320 Å².